The minimum absolute atomic E-state index is 0.171. The van der Waals surface area contributed by atoms with Crippen LogP contribution >= 0.6 is 0 Å². The van der Waals surface area contributed by atoms with Gasteiger partial charge in [0.25, 0.3) is 0 Å². The number of hydrogen-bond acceptors (Lipinski definition) is 1. The van der Waals surface area contributed by atoms with E-state index >= 15 is 0 Å². The van der Waals surface area contributed by atoms with Crippen LogP contribution in [0.3, 0.4) is 0 Å². The molecule has 112 valence electrons. The zero-order valence-electron chi connectivity index (χ0n) is 13.2. The van der Waals surface area contributed by atoms with Crippen LogP contribution in [0.4, 0.5) is 0 Å². The molecule has 2 atom stereocenters. The molecule has 0 aromatic rings. The van der Waals surface area contributed by atoms with Gasteiger partial charge in [-0.25, -0.2) is 0 Å². The third kappa shape index (κ3) is 3.35. The molecule has 0 aromatic carbocycles. The third-order valence-corrected chi connectivity index (χ3v) is 6.26. The van der Waals surface area contributed by atoms with Crippen LogP contribution < -0.4 is 0 Å². The predicted molar refractivity (Wildman–Crippen MR) is 82.2 cm³/mol. The Hall–Kier alpha value is -0.0400. The van der Waals surface area contributed by atoms with Crippen molar-refractivity contribution >= 4 is 0 Å². The fourth-order valence-corrected chi connectivity index (χ4v) is 4.70. The zero-order valence-corrected chi connectivity index (χ0v) is 13.2. The monoisotopic (exact) mass is 266 g/mol. The van der Waals surface area contributed by atoms with Crippen molar-refractivity contribution in [3.05, 3.63) is 0 Å². The maximum atomic E-state index is 11.5. The Morgan fingerprint density at radius 1 is 0.737 bits per heavy atom. The van der Waals surface area contributed by atoms with E-state index in [2.05, 4.69) is 13.8 Å². The van der Waals surface area contributed by atoms with E-state index in [9.17, 15) is 5.11 Å². The molecule has 0 saturated heterocycles. The van der Waals surface area contributed by atoms with E-state index in [1.54, 1.807) is 0 Å². The van der Waals surface area contributed by atoms with Crippen LogP contribution in [-0.2, 0) is 0 Å². The van der Waals surface area contributed by atoms with Crippen molar-refractivity contribution in [2.24, 2.45) is 11.3 Å². The van der Waals surface area contributed by atoms with Gasteiger partial charge in [0.2, 0.25) is 0 Å². The summed E-state index contributed by atoms with van der Waals surface area (Å²) in [5, 5.41) is 11.5. The van der Waals surface area contributed by atoms with Crippen molar-refractivity contribution in [2.75, 3.05) is 0 Å². The molecule has 0 radical (unpaired) electrons. The van der Waals surface area contributed by atoms with Crippen molar-refractivity contribution < 1.29 is 5.11 Å². The summed E-state index contributed by atoms with van der Waals surface area (Å²) >= 11 is 0. The van der Waals surface area contributed by atoms with Crippen LogP contribution in [0.15, 0.2) is 0 Å². The zero-order chi connectivity index (χ0) is 13.8. The molecule has 2 rings (SSSR count). The summed E-state index contributed by atoms with van der Waals surface area (Å²) in [7, 11) is 0. The molecule has 0 amide bonds. The van der Waals surface area contributed by atoms with Gasteiger partial charge >= 0.3 is 0 Å². The quantitative estimate of drug-likeness (QED) is 0.668. The van der Waals surface area contributed by atoms with Gasteiger partial charge in [0.15, 0.2) is 0 Å². The average molecular weight is 266 g/mol. The van der Waals surface area contributed by atoms with Crippen molar-refractivity contribution in [2.45, 2.75) is 103 Å². The fraction of sp³-hybridized carbons (Fsp3) is 1.00. The van der Waals surface area contributed by atoms with Crippen LogP contribution in [0.25, 0.3) is 0 Å². The van der Waals surface area contributed by atoms with Gasteiger partial charge in [-0.3, -0.25) is 0 Å². The van der Waals surface area contributed by atoms with Gasteiger partial charge in [0, 0.05) is 0 Å². The summed E-state index contributed by atoms with van der Waals surface area (Å²) in [6, 6.07) is 0. The van der Waals surface area contributed by atoms with Gasteiger partial charge in [-0.05, 0) is 37.0 Å². The SMILES string of the molecule is CC1CCCCCCC1(O)C1(C)CCCCCCC1. The van der Waals surface area contributed by atoms with Crippen molar-refractivity contribution in [1.29, 1.82) is 0 Å². The van der Waals surface area contributed by atoms with Crippen molar-refractivity contribution in [3.8, 4) is 0 Å². The Kier molecular flexibility index (Phi) is 5.34. The molecule has 19 heavy (non-hydrogen) atoms. The Bertz CT molecular complexity index is 265. The van der Waals surface area contributed by atoms with E-state index in [4.69, 9.17) is 0 Å². The summed E-state index contributed by atoms with van der Waals surface area (Å²) < 4.78 is 0. The van der Waals surface area contributed by atoms with E-state index in [1.807, 2.05) is 0 Å². The van der Waals surface area contributed by atoms with Gasteiger partial charge < -0.3 is 5.11 Å². The van der Waals surface area contributed by atoms with Gasteiger partial charge in [0.1, 0.15) is 0 Å². The smallest absolute Gasteiger partial charge is 0.0726 e. The fourth-order valence-electron chi connectivity index (χ4n) is 4.70. The number of rotatable bonds is 1. The maximum absolute atomic E-state index is 11.5. The summed E-state index contributed by atoms with van der Waals surface area (Å²) in [5.41, 5.74) is -0.227. The predicted octanol–water partition coefficient (Wildman–Crippen LogP) is 5.46. The molecule has 0 bridgehead atoms. The minimum atomic E-state index is -0.398. The van der Waals surface area contributed by atoms with Crippen LogP contribution in [-0.4, -0.2) is 10.7 Å². The second-order valence-corrected chi connectivity index (χ2v) is 7.61. The Morgan fingerprint density at radius 3 is 1.84 bits per heavy atom. The first-order valence-electron chi connectivity index (χ1n) is 8.81. The highest BCUT2D eigenvalue weighted by molar-refractivity contribution is 5.00. The second-order valence-electron chi connectivity index (χ2n) is 7.61. The molecular formula is C18H34O. The minimum Gasteiger partial charge on any atom is -0.389 e. The molecule has 2 unspecified atom stereocenters. The Morgan fingerprint density at radius 2 is 1.21 bits per heavy atom. The molecule has 1 N–H and O–H groups in total. The van der Waals surface area contributed by atoms with E-state index in [0.29, 0.717) is 5.92 Å². The lowest BCUT2D eigenvalue weighted by molar-refractivity contribution is -0.137. The molecule has 2 aliphatic rings. The molecule has 2 aliphatic carbocycles. The highest BCUT2D eigenvalue weighted by Gasteiger charge is 2.48. The molecule has 0 spiro atoms. The first kappa shape index (κ1) is 15.4. The van der Waals surface area contributed by atoms with Crippen LogP contribution in [0.1, 0.15) is 97.3 Å². The lowest BCUT2D eigenvalue weighted by Gasteiger charge is -2.51. The second kappa shape index (κ2) is 6.61. The lowest BCUT2D eigenvalue weighted by atomic mass is 9.58. The molecule has 1 heteroatoms. The van der Waals surface area contributed by atoms with Crippen molar-refractivity contribution in [1.82, 2.24) is 0 Å². The largest absolute Gasteiger partial charge is 0.389 e. The van der Waals surface area contributed by atoms with Gasteiger partial charge in [-0.1, -0.05) is 71.6 Å². The van der Waals surface area contributed by atoms with E-state index in [-0.39, 0.29) is 5.41 Å². The van der Waals surface area contributed by atoms with E-state index in [0.717, 1.165) is 6.42 Å². The molecule has 2 fully saturated rings. The average Bonchev–Trinajstić information content (AvgIpc) is 2.35. The van der Waals surface area contributed by atoms with Gasteiger partial charge in [-0.15, -0.1) is 0 Å². The summed E-state index contributed by atoms with van der Waals surface area (Å²) in [6.07, 6.45) is 16.8. The molecule has 0 heterocycles. The summed E-state index contributed by atoms with van der Waals surface area (Å²) in [5.74, 6) is 0.484. The standard InChI is InChI=1S/C18H34O/c1-16-12-8-4-7-11-15-18(16,19)17(2)13-9-5-3-6-10-14-17/h16,19H,3-15H2,1-2H3. The normalized spacial score (nSPS) is 37.7. The lowest BCUT2D eigenvalue weighted by Crippen LogP contribution is -2.52. The molecule has 1 nitrogen and oxygen atoms in total. The highest BCUT2D eigenvalue weighted by atomic mass is 16.3. The van der Waals surface area contributed by atoms with E-state index < -0.39 is 5.60 Å². The van der Waals surface area contributed by atoms with Crippen LogP contribution in [0.5, 0.6) is 0 Å². The summed E-state index contributed by atoms with van der Waals surface area (Å²) in [4.78, 5) is 0. The summed E-state index contributed by atoms with van der Waals surface area (Å²) in [6.45, 7) is 4.71. The molecule has 2 saturated carbocycles. The van der Waals surface area contributed by atoms with E-state index in [1.165, 1.54) is 77.0 Å². The van der Waals surface area contributed by atoms with Gasteiger partial charge in [-0.2, -0.15) is 0 Å². The van der Waals surface area contributed by atoms with Gasteiger partial charge in [0.05, 0.1) is 5.60 Å². The molecular weight excluding hydrogens is 232 g/mol. The molecule has 0 aliphatic heterocycles. The first-order chi connectivity index (χ1) is 9.08. The highest BCUT2D eigenvalue weighted by Crippen LogP contribution is 2.50. The number of aliphatic hydroxyl groups is 1. The van der Waals surface area contributed by atoms with Crippen LogP contribution in [0, 0.1) is 11.3 Å². The topological polar surface area (TPSA) is 20.2 Å². The Balaban J connectivity index is 2.16. The van der Waals surface area contributed by atoms with Crippen LogP contribution in [0.2, 0.25) is 0 Å². The molecule has 0 aromatic heterocycles. The maximum Gasteiger partial charge on any atom is 0.0726 e. The third-order valence-electron chi connectivity index (χ3n) is 6.26. The number of hydrogen-bond donors (Lipinski definition) is 1. The first-order valence-corrected chi connectivity index (χ1v) is 8.81. The Labute approximate surface area is 120 Å². The van der Waals surface area contributed by atoms with Crippen molar-refractivity contribution in [3.63, 3.8) is 0 Å².